The van der Waals surface area contributed by atoms with Crippen molar-refractivity contribution in [1.82, 2.24) is 19.5 Å². The summed E-state index contributed by atoms with van der Waals surface area (Å²) in [6.45, 7) is 3.73. The minimum Gasteiger partial charge on any atom is -0.386 e. The molecule has 3 N–H and O–H groups in total. The van der Waals surface area contributed by atoms with Gasteiger partial charge in [-0.25, -0.2) is 19.3 Å². The van der Waals surface area contributed by atoms with Crippen molar-refractivity contribution >= 4 is 28.6 Å². The quantitative estimate of drug-likeness (QED) is 0.501. The van der Waals surface area contributed by atoms with Crippen LogP contribution in [0.4, 0.5) is 10.3 Å². The third-order valence-corrected chi connectivity index (χ3v) is 6.80. The number of hydrogen-bond donors (Lipinski definition) is 3. The van der Waals surface area contributed by atoms with Crippen LogP contribution >= 0.6 is 11.6 Å². The fourth-order valence-corrected chi connectivity index (χ4v) is 4.96. The zero-order chi connectivity index (χ0) is 23.8. The van der Waals surface area contributed by atoms with Crippen molar-refractivity contribution in [2.75, 3.05) is 11.9 Å². The van der Waals surface area contributed by atoms with E-state index < -0.39 is 23.8 Å². The van der Waals surface area contributed by atoms with E-state index in [4.69, 9.17) is 21.1 Å². The Hall–Kier alpha value is -2.37. The monoisotopic (exact) mass is 489 g/mol. The van der Waals surface area contributed by atoms with Crippen LogP contribution in [0.25, 0.3) is 22.3 Å². The van der Waals surface area contributed by atoms with Crippen molar-refractivity contribution in [3.63, 3.8) is 0 Å². The van der Waals surface area contributed by atoms with Gasteiger partial charge in [-0.1, -0.05) is 11.6 Å². The number of aliphatic hydroxyl groups is 2. The third-order valence-electron chi connectivity index (χ3n) is 6.52. The Morgan fingerprint density at radius 2 is 2.06 bits per heavy atom. The Balaban J connectivity index is 1.39. The summed E-state index contributed by atoms with van der Waals surface area (Å²) in [4.78, 5) is 13.2. The molecule has 1 aliphatic carbocycles. The lowest BCUT2D eigenvalue weighted by Crippen LogP contribution is -2.48. The van der Waals surface area contributed by atoms with Crippen LogP contribution in [0.1, 0.15) is 45.0 Å². The summed E-state index contributed by atoms with van der Waals surface area (Å²) in [6, 6.07) is 2.96. The number of aliphatic hydroxyl groups excluding tert-OH is 1. The van der Waals surface area contributed by atoms with E-state index in [0.29, 0.717) is 35.6 Å². The smallest absolute Gasteiger partial charge is 0.223 e. The highest BCUT2D eigenvalue weighted by atomic mass is 35.5. The first-order valence-corrected chi connectivity index (χ1v) is 11.8. The number of nitrogens with one attached hydrogen (secondary N) is 1. The van der Waals surface area contributed by atoms with Crippen LogP contribution in [0.5, 0.6) is 0 Å². The maximum absolute atomic E-state index is 15.2. The second-order valence-corrected chi connectivity index (χ2v) is 10.2. The lowest BCUT2D eigenvalue weighted by atomic mass is 10.0. The molecule has 6 rings (SSSR count). The van der Waals surface area contributed by atoms with Crippen LogP contribution in [0.15, 0.2) is 18.3 Å². The lowest BCUT2D eigenvalue weighted by molar-refractivity contribution is -0.156. The van der Waals surface area contributed by atoms with Crippen molar-refractivity contribution in [2.24, 2.45) is 0 Å². The minimum absolute atomic E-state index is 0.0955. The van der Waals surface area contributed by atoms with Gasteiger partial charge >= 0.3 is 0 Å². The van der Waals surface area contributed by atoms with Crippen LogP contribution in [0.3, 0.4) is 0 Å². The second kappa shape index (κ2) is 7.82. The molecule has 3 aromatic rings. The summed E-state index contributed by atoms with van der Waals surface area (Å²) < 4.78 is 28.2. The summed E-state index contributed by atoms with van der Waals surface area (Å²) >= 11 is 6.43. The third kappa shape index (κ3) is 3.74. The van der Waals surface area contributed by atoms with E-state index in [1.807, 2.05) is 4.57 Å². The van der Waals surface area contributed by atoms with Crippen molar-refractivity contribution in [2.45, 2.75) is 69.3 Å². The van der Waals surface area contributed by atoms with Crippen molar-refractivity contribution in [1.29, 1.82) is 0 Å². The lowest BCUT2D eigenvalue weighted by Gasteiger charge is -2.32. The zero-order valence-electron chi connectivity index (χ0n) is 18.7. The van der Waals surface area contributed by atoms with Crippen molar-refractivity contribution in [3.05, 3.63) is 35.0 Å². The number of halogens is 2. The summed E-state index contributed by atoms with van der Waals surface area (Å²) in [5.41, 5.74) is 0.407. The van der Waals surface area contributed by atoms with Gasteiger partial charge in [0.1, 0.15) is 23.0 Å². The molecule has 2 aliphatic heterocycles. The molecule has 1 aromatic carbocycles. The average Bonchev–Trinajstić information content (AvgIpc) is 3.40. The molecular weight excluding hydrogens is 465 g/mol. The Bertz CT molecular complexity index is 1270. The predicted molar refractivity (Wildman–Crippen MR) is 122 cm³/mol. The van der Waals surface area contributed by atoms with Gasteiger partial charge in [-0.2, -0.15) is 0 Å². The van der Waals surface area contributed by atoms with Crippen molar-refractivity contribution < 1.29 is 24.1 Å². The molecule has 2 bridgehead atoms. The Kier molecular flexibility index (Phi) is 5.09. The molecule has 0 amide bonds. The SMILES string of the molecule is CC(C)(O)c1nc2c(F)cc(-c3nc(NC4C[C@H]5CO[C@H](O5)[C@H]4O)ncc3Cl)cc2n1C1CC1. The molecule has 1 unspecified atom stereocenters. The van der Waals surface area contributed by atoms with E-state index in [1.165, 1.54) is 12.3 Å². The molecule has 2 aromatic heterocycles. The van der Waals surface area contributed by atoms with Crippen LogP contribution in [0, 0.1) is 5.82 Å². The normalized spacial score (nSPS) is 26.9. The molecule has 2 saturated heterocycles. The first kappa shape index (κ1) is 22.1. The fraction of sp³-hybridized carbons (Fsp3) is 0.522. The summed E-state index contributed by atoms with van der Waals surface area (Å²) in [5.74, 6) is 0.177. The highest BCUT2D eigenvalue weighted by Crippen LogP contribution is 2.42. The summed E-state index contributed by atoms with van der Waals surface area (Å²) in [6.07, 6.45) is 2.24. The molecular formula is C23H25ClFN5O4. The van der Waals surface area contributed by atoms with E-state index in [2.05, 4.69) is 20.3 Å². The molecule has 34 heavy (non-hydrogen) atoms. The standard InChI is InChI=1S/C23H25ClFN5O4/c1-23(2,32)21-28-18-14(25)5-10(6-16(18)30(21)11-3-4-11)17-13(24)8-26-22(29-17)27-15-7-12-9-33-20(34-12)19(15)31/h5-6,8,11-12,15,19-20,31-32H,3-4,7,9H2,1-2H3,(H,26,27,29)/t12-,15?,19-,20+/m0/s1. The number of benzene rings is 1. The van der Waals surface area contributed by atoms with Gasteiger partial charge in [0.2, 0.25) is 5.95 Å². The van der Waals surface area contributed by atoms with E-state index in [-0.39, 0.29) is 34.7 Å². The molecule has 4 heterocycles. The van der Waals surface area contributed by atoms with Crippen LogP contribution < -0.4 is 5.32 Å². The van der Waals surface area contributed by atoms with E-state index in [1.54, 1.807) is 19.9 Å². The molecule has 4 atom stereocenters. The van der Waals surface area contributed by atoms with Gasteiger partial charge in [0.05, 0.1) is 41.2 Å². The van der Waals surface area contributed by atoms with Gasteiger partial charge in [0.15, 0.2) is 12.1 Å². The first-order chi connectivity index (χ1) is 16.2. The summed E-state index contributed by atoms with van der Waals surface area (Å²) in [5, 5.41) is 24.5. The van der Waals surface area contributed by atoms with Gasteiger partial charge in [-0.3, -0.25) is 0 Å². The molecule has 3 aliphatic rings. The van der Waals surface area contributed by atoms with Crippen LogP contribution in [-0.4, -0.2) is 60.9 Å². The first-order valence-electron chi connectivity index (χ1n) is 11.4. The number of aromatic nitrogens is 4. The number of fused-ring (bicyclic) bond motifs is 3. The second-order valence-electron chi connectivity index (χ2n) is 9.75. The highest BCUT2D eigenvalue weighted by molar-refractivity contribution is 6.33. The predicted octanol–water partition coefficient (Wildman–Crippen LogP) is 3.13. The van der Waals surface area contributed by atoms with E-state index >= 15 is 4.39 Å². The number of hydrogen-bond acceptors (Lipinski definition) is 8. The molecule has 0 spiro atoms. The number of ether oxygens (including phenoxy) is 2. The van der Waals surface area contributed by atoms with Gasteiger partial charge in [-0.05, 0) is 45.2 Å². The Labute approximate surface area is 199 Å². The molecule has 9 nitrogen and oxygen atoms in total. The average molecular weight is 490 g/mol. The minimum atomic E-state index is -1.22. The van der Waals surface area contributed by atoms with Crippen molar-refractivity contribution in [3.8, 4) is 11.3 Å². The molecule has 0 radical (unpaired) electrons. The van der Waals surface area contributed by atoms with Gasteiger partial charge < -0.3 is 29.6 Å². The number of imidazole rings is 1. The number of anilines is 1. The van der Waals surface area contributed by atoms with Crippen LogP contribution in [0.2, 0.25) is 5.02 Å². The van der Waals surface area contributed by atoms with Crippen LogP contribution in [-0.2, 0) is 15.1 Å². The fourth-order valence-electron chi connectivity index (χ4n) is 4.76. The molecule has 11 heteroatoms. The molecule has 180 valence electrons. The molecule has 3 fully saturated rings. The summed E-state index contributed by atoms with van der Waals surface area (Å²) in [7, 11) is 0. The number of rotatable bonds is 5. The number of nitrogens with zero attached hydrogens (tertiary/aromatic N) is 4. The Morgan fingerprint density at radius 1 is 1.26 bits per heavy atom. The van der Waals surface area contributed by atoms with Gasteiger partial charge in [-0.15, -0.1) is 0 Å². The maximum atomic E-state index is 15.2. The topological polar surface area (TPSA) is 115 Å². The highest BCUT2D eigenvalue weighted by Gasteiger charge is 2.43. The van der Waals surface area contributed by atoms with Gasteiger partial charge in [0.25, 0.3) is 0 Å². The van der Waals surface area contributed by atoms with E-state index in [9.17, 15) is 10.2 Å². The Morgan fingerprint density at radius 3 is 2.79 bits per heavy atom. The largest absolute Gasteiger partial charge is 0.386 e. The zero-order valence-corrected chi connectivity index (χ0v) is 19.5. The van der Waals surface area contributed by atoms with E-state index in [0.717, 1.165) is 12.8 Å². The van der Waals surface area contributed by atoms with Gasteiger partial charge in [0, 0.05) is 11.6 Å². The maximum Gasteiger partial charge on any atom is 0.223 e. The molecule has 1 saturated carbocycles.